The summed E-state index contributed by atoms with van der Waals surface area (Å²) >= 11 is 6.15. The summed E-state index contributed by atoms with van der Waals surface area (Å²) in [6.07, 6.45) is -2.24. The summed E-state index contributed by atoms with van der Waals surface area (Å²) in [5, 5.41) is 11.1. The van der Waals surface area contributed by atoms with Crippen LogP contribution in [0, 0.1) is 5.92 Å². The van der Waals surface area contributed by atoms with E-state index in [0.717, 1.165) is 24.7 Å². The third-order valence-corrected chi connectivity index (χ3v) is 5.36. The molecule has 0 fully saturated rings. The van der Waals surface area contributed by atoms with Crippen molar-refractivity contribution in [1.82, 2.24) is 0 Å². The van der Waals surface area contributed by atoms with E-state index in [2.05, 4.69) is 0 Å². The van der Waals surface area contributed by atoms with Gasteiger partial charge in [-0.1, -0.05) is 41.9 Å². The van der Waals surface area contributed by atoms with Crippen LogP contribution in [0.1, 0.15) is 23.5 Å². The predicted molar refractivity (Wildman–Crippen MR) is 111 cm³/mol. The van der Waals surface area contributed by atoms with Crippen molar-refractivity contribution in [2.24, 2.45) is 5.92 Å². The van der Waals surface area contributed by atoms with Gasteiger partial charge < -0.3 is 19.3 Å². The number of carbonyl (C=O) groups excluding carboxylic acids is 3. The number of fused-ring (bicyclic) bond motifs is 1. The van der Waals surface area contributed by atoms with Crippen molar-refractivity contribution in [3.05, 3.63) is 64.7 Å². The van der Waals surface area contributed by atoms with E-state index in [9.17, 15) is 19.5 Å². The molecule has 1 aliphatic heterocycles. The maximum absolute atomic E-state index is 12.8. The number of benzene rings is 2. The molecular weight excluding hydrogens is 426 g/mol. The van der Waals surface area contributed by atoms with Crippen LogP contribution < -0.4 is 4.90 Å². The molecule has 0 bridgehead atoms. The van der Waals surface area contributed by atoms with Gasteiger partial charge in [0.15, 0.2) is 5.92 Å². The van der Waals surface area contributed by atoms with Crippen LogP contribution in [-0.2, 0) is 30.4 Å². The predicted octanol–water partition coefficient (Wildman–Crippen LogP) is 3.25. The standard InChI is InChI=1S/C22H22ClNO7/c1-29-20(26)19(21(27)30-2)16-11-18(25)24(17-9-8-14(23)10-15(16)17)22(28)31-12-13-6-4-3-5-7-13/h3-10,16,18-19,25H,11-12H2,1-2H3/t16-,18?/m0/s1. The molecule has 8 nitrogen and oxygen atoms in total. The van der Waals surface area contributed by atoms with Crippen molar-refractivity contribution in [2.45, 2.75) is 25.2 Å². The second kappa shape index (κ2) is 9.80. The second-order valence-electron chi connectivity index (χ2n) is 6.96. The van der Waals surface area contributed by atoms with E-state index in [0.29, 0.717) is 10.6 Å². The largest absolute Gasteiger partial charge is 0.468 e. The molecule has 1 heterocycles. The molecule has 9 heteroatoms. The van der Waals surface area contributed by atoms with Crippen LogP contribution in [0.3, 0.4) is 0 Å². The van der Waals surface area contributed by atoms with Gasteiger partial charge in [0.1, 0.15) is 12.8 Å². The molecule has 3 rings (SSSR count). The van der Waals surface area contributed by atoms with Gasteiger partial charge in [0, 0.05) is 17.4 Å². The fourth-order valence-electron chi connectivity index (χ4n) is 3.67. The molecule has 2 atom stereocenters. The van der Waals surface area contributed by atoms with Crippen LogP contribution in [0.25, 0.3) is 0 Å². The first-order valence-corrected chi connectivity index (χ1v) is 9.88. The maximum atomic E-state index is 12.8. The number of aliphatic hydroxyl groups excluding tert-OH is 1. The smallest absolute Gasteiger partial charge is 0.416 e. The minimum Gasteiger partial charge on any atom is -0.468 e. The second-order valence-corrected chi connectivity index (χ2v) is 7.40. The normalized spacial score (nSPS) is 17.6. The zero-order valence-electron chi connectivity index (χ0n) is 17.0. The van der Waals surface area contributed by atoms with Crippen LogP contribution >= 0.6 is 11.6 Å². The average Bonchev–Trinajstić information content (AvgIpc) is 2.78. The summed E-state index contributed by atoms with van der Waals surface area (Å²) < 4.78 is 14.9. The minimum atomic E-state index is -1.35. The van der Waals surface area contributed by atoms with E-state index in [1.165, 1.54) is 12.1 Å². The Balaban J connectivity index is 1.95. The molecule has 0 spiro atoms. The van der Waals surface area contributed by atoms with Gasteiger partial charge in [0.2, 0.25) is 0 Å². The van der Waals surface area contributed by atoms with Crippen molar-refractivity contribution in [2.75, 3.05) is 19.1 Å². The first-order valence-electron chi connectivity index (χ1n) is 9.50. The van der Waals surface area contributed by atoms with E-state index in [-0.39, 0.29) is 18.7 Å². The molecule has 1 aliphatic rings. The molecule has 2 aromatic carbocycles. The van der Waals surface area contributed by atoms with Gasteiger partial charge in [-0.05, 0) is 29.3 Å². The Morgan fingerprint density at radius 2 is 1.74 bits per heavy atom. The van der Waals surface area contributed by atoms with Crippen molar-refractivity contribution in [1.29, 1.82) is 0 Å². The third kappa shape index (κ3) is 4.81. The molecule has 164 valence electrons. The Labute approximate surface area is 184 Å². The summed E-state index contributed by atoms with van der Waals surface area (Å²) in [7, 11) is 2.31. The lowest BCUT2D eigenvalue weighted by atomic mass is 9.79. The number of carbonyl (C=O) groups is 3. The van der Waals surface area contributed by atoms with E-state index in [1.807, 2.05) is 18.2 Å². The minimum absolute atomic E-state index is 0.0161. The summed E-state index contributed by atoms with van der Waals surface area (Å²) in [4.78, 5) is 38.6. The van der Waals surface area contributed by atoms with Gasteiger partial charge in [-0.3, -0.25) is 14.5 Å². The van der Waals surface area contributed by atoms with Crippen molar-refractivity contribution in [3.63, 3.8) is 0 Å². The number of halogens is 1. The van der Waals surface area contributed by atoms with Crippen LogP contribution in [-0.4, -0.2) is 43.6 Å². The molecule has 0 saturated heterocycles. The van der Waals surface area contributed by atoms with Gasteiger partial charge >= 0.3 is 18.0 Å². The summed E-state index contributed by atoms with van der Waals surface area (Å²) in [6, 6.07) is 13.7. The number of nitrogens with zero attached hydrogens (tertiary/aromatic N) is 1. The van der Waals surface area contributed by atoms with E-state index in [1.54, 1.807) is 18.2 Å². The molecular formula is C22H22ClNO7. The maximum Gasteiger partial charge on any atom is 0.416 e. The van der Waals surface area contributed by atoms with E-state index >= 15 is 0 Å². The van der Waals surface area contributed by atoms with Crippen LogP contribution in [0.4, 0.5) is 10.5 Å². The highest BCUT2D eigenvalue weighted by Gasteiger charge is 2.45. The molecule has 2 aromatic rings. The van der Waals surface area contributed by atoms with Crippen LogP contribution in [0.2, 0.25) is 5.02 Å². The Hall–Kier alpha value is -3.10. The van der Waals surface area contributed by atoms with Crippen molar-refractivity contribution < 1.29 is 33.7 Å². The van der Waals surface area contributed by atoms with Gasteiger partial charge in [0.25, 0.3) is 0 Å². The van der Waals surface area contributed by atoms with Crippen LogP contribution in [0.15, 0.2) is 48.5 Å². The van der Waals surface area contributed by atoms with Gasteiger partial charge in [-0.15, -0.1) is 0 Å². The number of esters is 2. The molecule has 1 amide bonds. The highest BCUT2D eigenvalue weighted by molar-refractivity contribution is 6.30. The molecule has 0 aromatic heterocycles. The Morgan fingerprint density at radius 1 is 1.10 bits per heavy atom. The summed E-state index contributed by atoms with van der Waals surface area (Å²) in [6.45, 7) is 0.0161. The van der Waals surface area contributed by atoms with Crippen molar-refractivity contribution >= 4 is 35.3 Å². The van der Waals surface area contributed by atoms with Crippen molar-refractivity contribution in [3.8, 4) is 0 Å². The van der Waals surface area contributed by atoms with E-state index in [4.69, 9.17) is 25.8 Å². The number of amides is 1. The zero-order valence-corrected chi connectivity index (χ0v) is 17.7. The number of hydrogen-bond donors (Lipinski definition) is 1. The molecule has 1 N–H and O–H groups in total. The first-order chi connectivity index (χ1) is 14.9. The number of aliphatic hydroxyl groups is 1. The Kier molecular flexibility index (Phi) is 7.14. The average molecular weight is 448 g/mol. The SMILES string of the molecule is COC(=O)C(C(=O)OC)[C@H]1CC(O)N(C(=O)OCc2ccccc2)c2ccc(Cl)cc21. The van der Waals surface area contributed by atoms with Gasteiger partial charge in [-0.25, -0.2) is 4.79 Å². The zero-order chi connectivity index (χ0) is 22.5. The number of ether oxygens (including phenoxy) is 3. The van der Waals surface area contributed by atoms with Gasteiger partial charge in [0.05, 0.1) is 19.9 Å². The molecule has 0 radical (unpaired) electrons. The number of hydrogen-bond acceptors (Lipinski definition) is 7. The molecule has 1 unspecified atom stereocenters. The Bertz CT molecular complexity index is 950. The topological polar surface area (TPSA) is 102 Å². The van der Waals surface area contributed by atoms with Gasteiger partial charge in [-0.2, -0.15) is 0 Å². The monoisotopic (exact) mass is 447 g/mol. The molecule has 31 heavy (non-hydrogen) atoms. The summed E-state index contributed by atoms with van der Waals surface area (Å²) in [5.74, 6) is -3.77. The number of rotatable bonds is 5. The molecule has 0 saturated carbocycles. The molecule has 0 aliphatic carbocycles. The Morgan fingerprint density at radius 3 is 2.35 bits per heavy atom. The number of methoxy groups -OCH3 is 2. The first kappa shape index (κ1) is 22.6. The highest BCUT2D eigenvalue weighted by Crippen LogP contribution is 2.44. The fourth-order valence-corrected chi connectivity index (χ4v) is 3.85. The third-order valence-electron chi connectivity index (χ3n) is 5.13. The lowest BCUT2D eigenvalue weighted by Gasteiger charge is -2.39. The quantitative estimate of drug-likeness (QED) is 0.426. The van der Waals surface area contributed by atoms with Crippen LogP contribution in [0.5, 0.6) is 0 Å². The lowest BCUT2D eigenvalue weighted by molar-refractivity contribution is -0.160. The summed E-state index contributed by atoms with van der Waals surface area (Å²) in [5.41, 5.74) is 1.49. The highest BCUT2D eigenvalue weighted by atomic mass is 35.5. The van der Waals surface area contributed by atoms with E-state index < -0.39 is 36.1 Å². The lowest BCUT2D eigenvalue weighted by Crippen LogP contribution is -2.47. The fraction of sp³-hybridized carbons (Fsp3) is 0.318. The number of anilines is 1.